The van der Waals surface area contributed by atoms with Gasteiger partial charge in [-0.3, -0.25) is 19.7 Å². The minimum atomic E-state index is -2.91. The Hall–Kier alpha value is -4.10. The van der Waals surface area contributed by atoms with Crippen molar-refractivity contribution in [2.45, 2.75) is 50.2 Å². The molecule has 11 nitrogen and oxygen atoms in total. The standard InChI is InChI=1S/C31H35N3O8Si/c1-19-28(43(3,4)40)27(14-15-35)42-31(19)25-17-23(34(38)39)10-13-26(25)33(30(31)37)18-20-6-5-7-22(16-20)32-29(36)21-8-11-24(41-2)12-9-21/h5-13,16-17,19,27-28,35,40H,14-15,18H2,1-4H3,(H,32,36)/t19-,27+,28-,31+/m0/s1. The second-order valence-electron chi connectivity index (χ2n) is 11.6. The molecule has 12 heteroatoms. The van der Waals surface area contributed by atoms with Crippen LogP contribution < -0.4 is 15.0 Å². The van der Waals surface area contributed by atoms with Gasteiger partial charge in [-0.15, -0.1) is 0 Å². The van der Waals surface area contributed by atoms with Gasteiger partial charge in [0.1, 0.15) is 5.75 Å². The molecule has 0 bridgehead atoms. The second-order valence-corrected chi connectivity index (χ2v) is 15.6. The third kappa shape index (κ3) is 5.42. The summed E-state index contributed by atoms with van der Waals surface area (Å²) in [6.45, 7) is 5.31. The van der Waals surface area contributed by atoms with Gasteiger partial charge >= 0.3 is 0 Å². The summed E-state index contributed by atoms with van der Waals surface area (Å²) in [5.41, 5.74) is 0.440. The molecule has 226 valence electrons. The first kappa shape index (κ1) is 30.4. The number of non-ortho nitro benzene ring substituents is 1. The Morgan fingerprint density at radius 3 is 2.51 bits per heavy atom. The largest absolute Gasteiger partial charge is 0.497 e. The third-order valence-corrected chi connectivity index (χ3v) is 11.0. The molecular weight excluding hydrogens is 570 g/mol. The summed E-state index contributed by atoms with van der Waals surface area (Å²) in [4.78, 5) is 51.3. The minimum Gasteiger partial charge on any atom is -0.497 e. The molecule has 3 aromatic carbocycles. The van der Waals surface area contributed by atoms with E-state index in [0.717, 1.165) is 0 Å². The smallest absolute Gasteiger partial charge is 0.269 e. The van der Waals surface area contributed by atoms with Crippen LogP contribution in [-0.4, -0.2) is 54.8 Å². The first-order valence-corrected chi connectivity index (χ1v) is 17.1. The Balaban J connectivity index is 1.49. The number of nitro groups is 1. The van der Waals surface area contributed by atoms with E-state index in [2.05, 4.69) is 5.32 Å². The second kappa shape index (κ2) is 11.5. The molecule has 0 unspecified atom stereocenters. The lowest BCUT2D eigenvalue weighted by Gasteiger charge is -2.32. The van der Waals surface area contributed by atoms with E-state index in [1.165, 1.54) is 12.1 Å². The molecule has 3 N–H and O–H groups in total. The van der Waals surface area contributed by atoms with Gasteiger partial charge < -0.3 is 29.6 Å². The monoisotopic (exact) mass is 605 g/mol. The fourth-order valence-corrected chi connectivity index (χ4v) is 9.21. The predicted molar refractivity (Wildman–Crippen MR) is 163 cm³/mol. The Morgan fingerprint density at radius 2 is 1.88 bits per heavy atom. The van der Waals surface area contributed by atoms with Gasteiger partial charge in [-0.05, 0) is 67.5 Å². The van der Waals surface area contributed by atoms with E-state index in [0.29, 0.717) is 33.8 Å². The quantitative estimate of drug-likeness (QED) is 0.182. The van der Waals surface area contributed by atoms with E-state index < -0.39 is 36.4 Å². The number of ether oxygens (including phenoxy) is 2. The Morgan fingerprint density at radius 1 is 1.16 bits per heavy atom. The number of aliphatic hydroxyl groups is 1. The highest BCUT2D eigenvalue weighted by molar-refractivity contribution is 6.71. The molecule has 1 fully saturated rings. The molecule has 0 aliphatic carbocycles. The van der Waals surface area contributed by atoms with E-state index in [4.69, 9.17) is 9.47 Å². The number of fused-ring (bicyclic) bond motifs is 2. The molecule has 0 radical (unpaired) electrons. The maximum atomic E-state index is 14.4. The maximum Gasteiger partial charge on any atom is 0.269 e. The molecule has 1 saturated heterocycles. The van der Waals surface area contributed by atoms with Crippen LogP contribution in [0.15, 0.2) is 66.7 Å². The first-order valence-electron chi connectivity index (χ1n) is 14.1. The number of carbonyl (C=O) groups is 2. The highest BCUT2D eigenvalue weighted by atomic mass is 28.4. The predicted octanol–water partition coefficient (Wildman–Crippen LogP) is 4.58. The number of aliphatic hydroxyl groups excluding tert-OH is 1. The number of rotatable bonds is 9. The minimum absolute atomic E-state index is 0.114. The summed E-state index contributed by atoms with van der Waals surface area (Å²) in [5.74, 6) is -0.564. The molecule has 0 saturated carbocycles. The van der Waals surface area contributed by atoms with Crippen molar-refractivity contribution in [3.8, 4) is 5.75 Å². The van der Waals surface area contributed by atoms with E-state index in [1.807, 2.05) is 13.0 Å². The molecule has 0 aromatic heterocycles. The van der Waals surface area contributed by atoms with Crippen LogP contribution in [0.5, 0.6) is 5.75 Å². The molecule has 5 rings (SSSR count). The molecule has 4 atom stereocenters. The Kier molecular flexibility index (Phi) is 8.14. The van der Waals surface area contributed by atoms with Gasteiger partial charge in [0.2, 0.25) is 0 Å². The van der Waals surface area contributed by atoms with Crippen molar-refractivity contribution in [2.75, 3.05) is 23.9 Å². The average molecular weight is 606 g/mol. The molecule has 2 aliphatic rings. The van der Waals surface area contributed by atoms with Crippen LogP contribution in [0.3, 0.4) is 0 Å². The van der Waals surface area contributed by atoms with Crippen molar-refractivity contribution in [1.82, 2.24) is 0 Å². The normalized spacial score (nSPS) is 23.0. The van der Waals surface area contributed by atoms with Crippen LogP contribution in [-0.2, 0) is 21.7 Å². The summed E-state index contributed by atoms with van der Waals surface area (Å²) in [5, 5.41) is 24.4. The van der Waals surface area contributed by atoms with E-state index in [1.54, 1.807) is 73.6 Å². The van der Waals surface area contributed by atoms with Gasteiger partial charge in [0.05, 0.1) is 30.4 Å². The van der Waals surface area contributed by atoms with Gasteiger partial charge in [0, 0.05) is 47.0 Å². The van der Waals surface area contributed by atoms with Gasteiger partial charge in [0.15, 0.2) is 13.9 Å². The number of methoxy groups -OCH3 is 1. The SMILES string of the molecule is COc1ccc(C(=O)Nc2cccc(CN3C(=O)[C@]4(O[C@H](CCO)[C@@H]([Si](C)(C)O)[C@@H]4C)c4cc([N+](=O)[O-])ccc43)c2)cc1. The summed E-state index contributed by atoms with van der Waals surface area (Å²) in [6, 6.07) is 18.1. The Labute approximate surface area is 250 Å². The number of carbonyl (C=O) groups excluding carboxylic acids is 2. The van der Waals surface area contributed by atoms with Crippen LogP contribution in [0.4, 0.5) is 17.1 Å². The van der Waals surface area contributed by atoms with Crippen molar-refractivity contribution in [2.24, 2.45) is 5.92 Å². The van der Waals surface area contributed by atoms with Gasteiger partial charge in [0.25, 0.3) is 17.5 Å². The highest BCUT2D eigenvalue weighted by Crippen LogP contribution is 2.60. The maximum absolute atomic E-state index is 14.4. The number of anilines is 2. The molecule has 2 aliphatic heterocycles. The number of hydrogen-bond acceptors (Lipinski definition) is 8. The molecule has 1 spiro atoms. The van der Waals surface area contributed by atoms with Crippen LogP contribution >= 0.6 is 0 Å². The van der Waals surface area contributed by atoms with Crippen LogP contribution in [0, 0.1) is 16.0 Å². The summed E-state index contributed by atoms with van der Waals surface area (Å²) < 4.78 is 11.7. The van der Waals surface area contributed by atoms with Crippen molar-refractivity contribution in [1.29, 1.82) is 0 Å². The van der Waals surface area contributed by atoms with Gasteiger partial charge in [-0.25, -0.2) is 0 Å². The van der Waals surface area contributed by atoms with Gasteiger partial charge in [-0.2, -0.15) is 0 Å². The number of nitrogens with one attached hydrogen (secondary N) is 1. The third-order valence-electron chi connectivity index (χ3n) is 8.47. The van der Waals surface area contributed by atoms with Crippen LogP contribution in [0.25, 0.3) is 0 Å². The zero-order valence-corrected chi connectivity index (χ0v) is 25.4. The zero-order chi connectivity index (χ0) is 31.1. The van der Waals surface area contributed by atoms with E-state index in [-0.39, 0.29) is 37.1 Å². The number of nitrogens with zero attached hydrogens (tertiary/aromatic N) is 2. The fourth-order valence-electron chi connectivity index (χ4n) is 6.61. The molecule has 3 aromatic rings. The van der Waals surface area contributed by atoms with E-state index in [9.17, 15) is 29.6 Å². The van der Waals surface area contributed by atoms with Crippen molar-refractivity contribution < 1.29 is 33.9 Å². The number of amides is 2. The number of benzene rings is 3. The van der Waals surface area contributed by atoms with Crippen molar-refractivity contribution in [3.05, 3.63) is 93.5 Å². The lowest BCUT2D eigenvalue weighted by atomic mass is 9.82. The lowest BCUT2D eigenvalue weighted by Crippen LogP contribution is -2.46. The molecule has 2 amide bonds. The molecular formula is C31H35N3O8Si. The first-order chi connectivity index (χ1) is 20.4. The molecule has 43 heavy (non-hydrogen) atoms. The summed E-state index contributed by atoms with van der Waals surface area (Å²) in [7, 11) is -1.36. The highest BCUT2D eigenvalue weighted by Gasteiger charge is 2.66. The zero-order valence-electron chi connectivity index (χ0n) is 24.4. The number of hydrogen-bond donors (Lipinski definition) is 3. The van der Waals surface area contributed by atoms with Crippen molar-refractivity contribution >= 4 is 37.2 Å². The summed E-state index contributed by atoms with van der Waals surface area (Å²) in [6.07, 6.45) is -0.375. The topological polar surface area (TPSA) is 151 Å². The van der Waals surface area contributed by atoms with Crippen LogP contribution in [0.2, 0.25) is 18.6 Å². The van der Waals surface area contributed by atoms with Crippen LogP contribution in [0.1, 0.15) is 34.8 Å². The summed E-state index contributed by atoms with van der Waals surface area (Å²) >= 11 is 0. The fraction of sp³-hybridized carbons (Fsp3) is 0.355. The lowest BCUT2D eigenvalue weighted by molar-refractivity contribution is -0.385. The van der Waals surface area contributed by atoms with Crippen molar-refractivity contribution in [3.63, 3.8) is 0 Å². The Bertz CT molecular complexity index is 1560. The average Bonchev–Trinajstić information content (AvgIpc) is 3.39. The molecule has 2 heterocycles. The van der Waals surface area contributed by atoms with E-state index >= 15 is 0 Å². The number of nitro benzene ring substituents is 1. The van der Waals surface area contributed by atoms with Gasteiger partial charge in [-0.1, -0.05) is 19.1 Å².